The van der Waals surface area contributed by atoms with Crippen molar-refractivity contribution in [3.63, 3.8) is 0 Å². The molecule has 0 heterocycles. The van der Waals surface area contributed by atoms with Crippen LogP contribution in [0, 0.1) is 17.8 Å². The number of ketones is 3. The van der Waals surface area contributed by atoms with Crippen LogP contribution in [-0.4, -0.2) is 74.3 Å². The van der Waals surface area contributed by atoms with E-state index >= 15 is 0 Å². The third-order valence-electron chi connectivity index (χ3n) is 7.29. The normalized spacial score (nSPS) is 35.9. The number of carbonyl (C=O) groups is 4. The number of hydrogen-bond acceptors (Lipinski definition) is 9. The molecule has 0 radical (unpaired) electrons. The van der Waals surface area contributed by atoms with Gasteiger partial charge in [-0.25, -0.2) is 0 Å². The number of amides is 1. The molecule has 1 fully saturated rings. The Bertz CT molecular complexity index is 1170. The molecule has 1 saturated carbocycles. The fourth-order valence-corrected chi connectivity index (χ4v) is 6.16. The number of nitrogens with two attached hydrogens (primary N) is 1. The molecule has 0 bridgehead atoms. The molecule has 33 heavy (non-hydrogen) atoms. The largest absolute Gasteiger partial charge is 0.508 e. The highest BCUT2D eigenvalue weighted by atomic mass is 35.5. The number of rotatable bonds is 2. The first-order valence-electron chi connectivity index (χ1n) is 10.2. The number of halogens is 1. The number of Topliss-reactive ketones (excluding diaryl/α,β-unsaturated/α-hetero) is 3. The first-order valence-corrected chi connectivity index (χ1v) is 10.6. The third kappa shape index (κ3) is 2.78. The van der Waals surface area contributed by atoms with Crippen molar-refractivity contribution < 1.29 is 39.6 Å². The molecule has 6 atom stereocenters. The van der Waals surface area contributed by atoms with Gasteiger partial charge in [-0.05, 0) is 39.6 Å². The number of primary amides is 1. The Morgan fingerprint density at radius 2 is 1.73 bits per heavy atom. The van der Waals surface area contributed by atoms with Gasteiger partial charge in [0.15, 0.2) is 23.0 Å². The number of nitrogens with zero attached hydrogens (tertiary/aromatic N) is 1. The van der Waals surface area contributed by atoms with Gasteiger partial charge < -0.3 is 26.2 Å². The first-order chi connectivity index (χ1) is 15.2. The number of hydrogen-bond donors (Lipinski definition) is 5. The molecular formula is C22H23ClN2O8. The van der Waals surface area contributed by atoms with Crippen LogP contribution in [0.3, 0.4) is 0 Å². The minimum Gasteiger partial charge on any atom is -0.508 e. The average molecular weight is 479 g/mol. The van der Waals surface area contributed by atoms with Crippen LogP contribution in [-0.2, 0) is 20.0 Å². The molecular weight excluding hydrogens is 456 g/mol. The quantitative estimate of drug-likeness (QED) is 0.284. The molecule has 176 valence electrons. The summed E-state index contributed by atoms with van der Waals surface area (Å²) in [4.78, 5) is 53.5. The van der Waals surface area contributed by atoms with E-state index in [1.807, 2.05) is 0 Å². The molecule has 0 spiro atoms. The Morgan fingerprint density at radius 1 is 1.12 bits per heavy atom. The first kappa shape index (κ1) is 23.4. The standard InChI is InChI=1S/C22H23ClN2O8/c1-21(32)7-6-8-15(25(2)3)17(28)13(20(24)31)19(30)22(8,33)18(29)11(7)16(27)12-10(26)5-4-9(23)14(12)21/h4-5,7-8,11,15,26,30,32-33H,6H2,1-3H3,(H2,24,31)/t7?,8?,11?,15-,21-,22-/m0/s1. The number of aromatic hydroxyl groups is 1. The Hall–Kier alpha value is -2.79. The minimum absolute atomic E-state index is 0.00415. The molecule has 10 nitrogen and oxygen atoms in total. The lowest BCUT2D eigenvalue weighted by Crippen LogP contribution is -2.69. The number of likely N-dealkylation sites (N-methyl/N-ethyl adjacent to an activating group) is 1. The number of carbonyl (C=O) groups excluding carboxylic acids is 4. The van der Waals surface area contributed by atoms with E-state index < -0.39 is 75.3 Å². The van der Waals surface area contributed by atoms with E-state index in [0.29, 0.717) is 0 Å². The Morgan fingerprint density at radius 3 is 2.27 bits per heavy atom. The zero-order valence-electron chi connectivity index (χ0n) is 18.0. The molecule has 3 aliphatic rings. The van der Waals surface area contributed by atoms with E-state index in [4.69, 9.17) is 17.3 Å². The summed E-state index contributed by atoms with van der Waals surface area (Å²) < 4.78 is 0. The average Bonchev–Trinajstić information content (AvgIpc) is 2.69. The number of benzene rings is 1. The van der Waals surface area contributed by atoms with Gasteiger partial charge >= 0.3 is 0 Å². The lowest BCUT2D eigenvalue weighted by atomic mass is 9.51. The Kier molecular flexibility index (Phi) is 5.03. The lowest BCUT2D eigenvalue weighted by molar-refractivity contribution is -0.174. The second kappa shape index (κ2) is 7.10. The van der Waals surface area contributed by atoms with Gasteiger partial charge in [-0.3, -0.25) is 24.1 Å². The Balaban J connectivity index is 2.01. The molecule has 1 aromatic carbocycles. The van der Waals surface area contributed by atoms with Crippen molar-refractivity contribution in [2.45, 2.75) is 30.6 Å². The molecule has 11 heteroatoms. The number of aliphatic hydroxyl groups excluding tert-OH is 1. The van der Waals surface area contributed by atoms with Crippen LogP contribution in [0.1, 0.15) is 29.3 Å². The van der Waals surface area contributed by atoms with Crippen LogP contribution in [0.2, 0.25) is 5.02 Å². The second-order valence-corrected chi connectivity index (χ2v) is 9.65. The van der Waals surface area contributed by atoms with Crippen LogP contribution in [0.4, 0.5) is 0 Å². The summed E-state index contributed by atoms with van der Waals surface area (Å²) in [6, 6.07) is 1.19. The summed E-state index contributed by atoms with van der Waals surface area (Å²) in [5, 5.41) is 44.1. The van der Waals surface area contributed by atoms with E-state index in [0.717, 1.165) is 6.07 Å². The van der Waals surface area contributed by atoms with E-state index in [9.17, 15) is 39.6 Å². The van der Waals surface area contributed by atoms with Gasteiger partial charge in [0.05, 0.1) is 23.1 Å². The summed E-state index contributed by atoms with van der Waals surface area (Å²) in [6.07, 6.45) is -0.262. The molecule has 1 amide bonds. The molecule has 3 aliphatic carbocycles. The third-order valence-corrected chi connectivity index (χ3v) is 7.61. The van der Waals surface area contributed by atoms with E-state index in [2.05, 4.69) is 0 Å². The molecule has 0 saturated heterocycles. The summed E-state index contributed by atoms with van der Waals surface area (Å²) in [5.74, 6) is -10.2. The zero-order chi connectivity index (χ0) is 24.8. The number of aliphatic hydroxyl groups is 3. The summed E-state index contributed by atoms with van der Waals surface area (Å²) in [7, 11) is 2.96. The van der Waals surface area contributed by atoms with Crippen LogP contribution in [0.15, 0.2) is 23.5 Å². The maximum Gasteiger partial charge on any atom is 0.255 e. The fraction of sp³-hybridized carbons (Fsp3) is 0.455. The van der Waals surface area contributed by atoms with Crippen LogP contribution < -0.4 is 5.73 Å². The van der Waals surface area contributed by atoms with Crippen molar-refractivity contribution in [3.05, 3.63) is 39.6 Å². The van der Waals surface area contributed by atoms with Crippen molar-refractivity contribution in [1.29, 1.82) is 0 Å². The van der Waals surface area contributed by atoms with Crippen molar-refractivity contribution in [2.75, 3.05) is 14.1 Å². The van der Waals surface area contributed by atoms with Gasteiger partial charge in [0, 0.05) is 22.4 Å². The monoisotopic (exact) mass is 478 g/mol. The van der Waals surface area contributed by atoms with Gasteiger partial charge in [0.25, 0.3) is 5.91 Å². The Labute approximate surface area is 193 Å². The van der Waals surface area contributed by atoms with Crippen LogP contribution in [0.5, 0.6) is 5.75 Å². The predicted molar refractivity (Wildman–Crippen MR) is 113 cm³/mol. The van der Waals surface area contributed by atoms with Gasteiger partial charge in [-0.1, -0.05) is 11.6 Å². The molecule has 4 rings (SSSR count). The molecule has 1 aromatic rings. The summed E-state index contributed by atoms with van der Waals surface area (Å²) in [6.45, 7) is 1.33. The second-order valence-electron chi connectivity index (χ2n) is 9.25. The predicted octanol–water partition coefficient (Wildman–Crippen LogP) is -0.188. The maximum absolute atomic E-state index is 13.7. The minimum atomic E-state index is -2.79. The van der Waals surface area contributed by atoms with Crippen molar-refractivity contribution in [2.24, 2.45) is 23.5 Å². The van der Waals surface area contributed by atoms with Crippen LogP contribution >= 0.6 is 11.6 Å². The maximum atomic E-state index is 13.7. The topological polar surface area (TPSA) is 178 Å². The van der Waals surface area contributed by atoms with E-state index in [1.165, 1.54) is 32.0 Å². The van der Waals surface area contributed by atoms with E-state index in [-0.39, 0.29) is 22.6 Å². The number of fused-ring (bicyclic) bond motifs is 3. The van der Waals surface area contributed by atoms with Gasteiger partial charge in [0.2, 0.25) is 0 Å². The smallest absolute Gasteiger partial charge is 0.255 e. The van der Waals surface area contributed by atoms with Crippen molar-refractivity contribution >= 4 is 34.9 Å². The summed E-state index contributed by atoms with van der Waals surface area (Å²) in [5.41, 5.74) is -0.772. The SMILES string of the molecule is CN(C)[C@@H]1C(=O)C(C(N)=O)=C(O)[C@@]2(O)C(=O)C3C(=O)c4c(O)ccc(Cl)c4[C@@](C)(O)C3CC12. The highest BCUT2D eigenvalue weighted by molar-refractivity contribution is 6.33. The molecule has 0 aliphatic heterocycles. The lowest BCUT2D eigenvalue weighted by Gasteiger charge is -2.54. The number of phenolic OH excluding ortho intramolecular Hbond substituents is 1. The highest BCUT2D eigenvalue weighted by Crippen LogP contribution is 2.57. The number of phenols is 1. The van der Waals surface area contributed by atoms with Gasteiger partial charge in [-0.15, -0.1) is 0 Å². The van der Waals surface area contributed by atoms with E-state index in [1.54, 1.807) is 0 Å². The van der Waals surface area contributed by atoms with Gasteiger partial charge in [0.1, 0.15) is 17.1 Å². The molecule has 3 unspecified atom stereocenters. The van der Waals surface area contributed by atoms with Gasteiger partial charge in [-0.2, -0.15) is 0 Å². The summed E-state index contributed by atoms with van der Waals surface area (Å²) >= 11 is 6.26. The van der Waals surface area contributed by atoms with Crippen molar-refractivity contribution in [3.8, 4) is 5.75 Å². The zero-order valence-corrected chi connectivity index (χ0v) is 18.8. The fourth-order valence-electron chi connectivity index (χ4n) is 5.81. The highest BCUT2D eigenvalue weighted by Gasteiger charge is 2.69. The molecule has 0 aromatic heterocycles. The van der Waals surface area contributed by atoms with Crippen LogP contribution in [0.25, 0.3) is 0 Å². The molecule has 6 N–H and O–H groups in total. The van der Waals surface area contributed by atoms with Crippen molar-refractivity contribution in [1.82, 2.24) is 4.90 Å².